The van der Waals surface area contributed by atoms with Gasteiger partial charge in [-0.15, -0.1) is 0 Å². The van der Waals surface area contributed by atoms with Crippen molar-refractivity contribution in [2.75, 3.05) is 7.11 Å². The summed E-state index contributed by atoms with van der Waals surface area (Å²) in [6.45, 7) is 2.04. The van der Waals surface area contributed by atoms with Gasteiger partial charge in [-0.05, 0) is 43.3 Å². The fourth-order valence-corrected chi connectivity index (χ4v) is 2.32. The molecule has 0 saturated carbocycles. The van der Waals surface area contributed by atoms with Crippen molar-refractivity contribution in [3.63, 3.8) is 0 Å². The lowest BCUT2D eigenvalue weighted by atomic mass is 10.2. The predicted molar refractivity (Wildman–Crippen MR) is 83.1 cm³/mol. The summed E-state index contributed by atoms with van der Waals surface area (Å²) in [6, 6.07) is 15.2. The quantitative estimate of drug-likeness (QED) is 0.704. The number of rotatable bonds is 6. The average Bonchev–Trinajstić information content (AvgIpc) is 2.49. The second-order valence-corrected chi connectivity index (χ2v) is 5.49. The second kappa shape index (κ2) is 7.84. The lowest BCUT2D eigenvalue weighted by Gasteiger charge is -2.03. The van der Waals surface area contributed by atoms with E-state index in [0.717, 1.165) is 17.2 Å². The van der Waals surface area contributed by atoms with Gasteiger partial charge in [0.05, 0.1) is 7.11 Å². The number of nitrogens with zero attached hydrogens (tertiary/aromatic N) is 1. The van der Waals surface area contributed by atoms with Crippen molar-refractivity contribution in [1.82, 2.24) is 0 Å². The molecule has 1 unspecified atom stereocenters. The van der Waals surface area contributed by atoms with E-state index in [4.69, 9.17) is 13.8 Å². The van der Waals surface area contributed by atoms with E-state index in [0.29, 0.717) is 8.60 Å². The Morgan fingerprint density at radius 3 is 2.15 bits per heavy atom. The average molecular weight is 307 g/mol. The molecule has 0 aliphatic heterocycles. The minimum Gasteiger partial charge on any atom is -0.497 e. The van der Waals surface area contributed by atoms with Crippen molar-refractivity contribution < 1.29 is 13.8 Å². The molecule has 0 heterocycles. The number of hydrogen-bond donors (Lipinski definition) is 0. The van der Waals surface area contributed by atoms with Crippen LogP contribution in [0.4, 0.5) is 0 Å². The van der Waals surface area contributed by atoms with Gasteiger partial charge in [0.1, 0.15) is 17.2 Å². The van der Waals surface area contributed by atoms with Crippen molar-refractivity contribution in [1.29, 1.82) is 0 Å². The van der Waals surface area contributed by atoms with Gasteiger partial charge in [-0.25, -0.2) is 0 Å². The number of methoxy groups -OCH3 is 1. The molecule has 2 aromatic carbocycles. The highest BCUT2D eigenvalue weighted by molar-refractivity contribution is 7.39. The predicted octanol–water partition coefficient (Wildman–Crippen LogP) is 5.01. The summed E-state index contributed by atoms with van der Waals surface area (Å²) in [5.74, 6) is 2.37. The molecule has 0 fully saturated rings. The third-order valence-corrected chi connectivity index (χ3v) is 3.74. The molecule has 0 amide bonds. The molecule has 0 radical (unpaired) electrons. The first-order valence-corrected chi connectivity index (χ1v) is 7.59. The lowest BCUT2D eigenvalue weighted by molar-refractivity contribution is 0.414. The van der Waals surface area contributed by atoms with Crippen LogP contribution in [-0.4, -0.2) is 7.11 Å². The lowest BCUT2D eigenvalue weighted by Crippen LogP contribution is -1.82. The number of aryl methyl sites for hydroxylation is 1. The summed E-state index contributed by atoms with van der Waals surface area (Å²) in [5.41, 5.74) is 1.20. The molecule has 4 nitrogen and oxygen atoms in total. The Hall–Kier alpha value is -1.63. The third-order valence-electron chi connectivity index (χ3n) is 2.47. The Morgan fingerprint density at radius 2 is 1.50 bits per heavy atom. The zero-order valence-electron chi connectivity index (χ0n) is 11.2. The number of benzene rings is 2. The molecule has 1 atom stereocenters. The maximum atomic E-state index is 5.48. The van der Waals surface area contributed by atoms with Gasteiger partial charge in [-0.3, -0.25) is 0 Å². The Bertz CT molecular complexity index is 556. The van der Waals surface area contributed by atoms with E-state index in [1.807, 2.05) is 55.5 Å². The zero-order valence-corrected chi connectivity index (χ0v) is 13.1. The van der Waals surface area contributed by atoms with Gasteiger partial charge in [0.15, 0.2) is 0 Å². The fourth-order valence-electron chi connectivity index (χ4n) is 1.40. The monoisotopic (exact) mass is 307 g/mol. The first-order valence-electron chi connectivity index (χ1n) is 5.97. The van der Waals surface area contributed by atoms with E-state index >= 15 is 0 Å². The summed E-state index contributed by atoms with van der Waals surface area (Å²) >= 11 is 0. The van der Waals surface area contributed by atoms with Crippen molar-refractivity contribution in [2.45, 2.75) is 6.92 Å². The van der Waals surface area contributed by atoms with Crippen LogP contribution >= 0.6 is 17.6 Å². The Morgan fingerprint density at radius 1 is 0.900 bits per heavy atom. The minimum atomic E-state index is 0.00332. The van der Waals surface area contributed by atoms with Crippen LogP contribution in [0.15, 0.2) is 53.0 Å². The van der Waals surface area contributed by atoms with Crippen LogP contribution in [-0.2, 0) is 0 Å². The Kier molecular flexibility index (Phi) is 5.79. The zero-order chi connectivity index (χ0) is 14.2. The molecular formula is C14H15NO3P2. The van der Waals surface area contributed by atoms with E-state index in [1.165, 1.54) is 5.56 Å². The SMILES string of the molecule is COc1ccc(OPN=POc2ccc(C)cc2)cc1. The molecule has 0 aromatic heterocycles. The highest BCUT2D eigenvalue weighted by Gasteiger charge is 1.94. The maximum absolute atomic E-state index is 5.48. The van der Waals surface area contributed by atoms with Crippen molar-refractivity contribution in [3.8, 4) is 17.2 Å². The van der Waals surface area contributed by atoms with E-state index in [-0.39, 0.29) is 8.96 Å². The van der Waals surface area contributed by atoms with Gasteiger partial charge < -0.3 is 13.8 Å². The fraction of sp³-hybridized carbons (Fsp3) is 0.143. The molecule has 2 aromatic rings. The first kappa shape index (κ1) is 14.8. The normalized spacial score (nSPS) is 11.1. The largest absolute Gasteiger partial charge is 0.497 e. The van der Waals surface area contributed by atoms with Gasteiger partial charge in [-0.1, -0.05) is 17.7 Å². The molecule has 0 aliphatic carbocycles. The van der Waals surface area contributed by atoms with Gasteiger partial charge in [0.2, 0.25) is 17.6 Å². The second-order valence-electron chi connectivity index (χ2n) is 3.95. The standard InChI is InChI=1S/C14H15NO3P2/c1-11-3-5-13(6-4-11)17-19-15-20-18-14-9-7-12(16-2)8-10-14/h3-10,20H,1-2H3. The minimum absolute atomic E-state index is 0.00332. The van der Waals surface area contributed by atoms with E-state index < -0.39 is 0 Å². The van der Waals surface area contributed by atoms with Crippen molar-refractivity contribution in [2.24, 2.45) is 4.52 Å². The Balaban J connectivity index is 1.74. The van der Waals surface area contributed by atoms with Crippen LogP contribution in [0.25, 0.3) is 0 Å². The van der Waals surface area contributed by atoms with E-state index in [9.17, 15) is 0 Å². The molecule has 104 valence electrons. The summed E-state index contributed by atoms with van der Waals surface area (Å²) < 4.78 is 20.2. The van der Waals surface area contributed by atoms with Crippen LogP contribution in [0.3, 0.4) is 0 Å². The van der Waals surface area contributed by atoms with Gasteiger partial charge in [0.25, 0.3) is 0 Å². The van der Waals surface area contributed by atoms with Crippen LogP contribution in [0.1, 0.15) is 5.56 Å². The summed E-state index contributed by atoms with van der Waals surface area (Å²) in [5, 5.41) is 0. The molecule has 0 aliphatic rings. The number of ether oxygens (including phenoxy) is 1. The molecule has 20 heavy (non-hydrogen) atoms. The van der Waals surface area contributed by atoms with E-state index in [2.05, 4.69) is 4.52 Å². The third kappa shape index (κ3) is 4.80. The molecule has 6 heteroatoms. The first-order chi connectivity index (χ1) is 9.78. The van der Waals surface area contributed by atoms with Crippen LogP contribution in [0, 0.1) is 6.92 Å². The summed E-state index contributed by atoms with van der Waals surface area (Å²) in [4.78, 5) is 0. The molecular weight excluding hydrogens is 292 g/mol. The van der Waals surface area contributed by atoms with Gasteiger partial charge >= 0.3 is 0 Å². The molecule has 0 N–H and O–H groups in total. The topological polar surface area (TPSA) is 40.0 Å². The smallest absolute Gasteiger partial charge is 0.249 e. The van der Waals surface area contributed by atoms with Crippen LogP contribution < -0.4 is 13.8 Å². The number of hydrogen-bond acceptors (Lipinski definition) is 4. The van der Waals surface area contributed by atoms with Crippen molar-refractivity contribution in [3.05, 3.63) is 54.1 Å². The van der Waals surface area contributed by atoms with Gasteiger partial charge in [-0.2, -0.15) is 4.52 Å². The Labute approximate surface area is 122 Å². The summed E-state index contributed by atoms with van der Waals surface area (Å²) in [7, 11) is 2.17. The molecule has 0 spiro atoms. The van der Waals surface area contributed by atoms with Crippen LogP contribution in [0.5, 0.6) is 17.2 Å². The highest BCUT2D eigenvalue weighted by Crippen LogP contribution is 2.27. The van der Waals surface area contributed by atoms with E-state index in [1.54, 1.807) is 7.11 Å². The van der Waals surface area contributed by atoms with Crippen LogP contribution in [0.2, 0.25) is 0 Å². The van der Waals surface area contributed by atoms with Gasteiger partial charge in [0, 0.05) is 0 Å². The summed E-state index contributed by atoms with van der Waals surface area (Å²) in [6.07, 6.45) is 0. The molecule has 0 bridgehead atoms. The molecule has 2 rings (SSSR count). The van der Waals surface area contributed by atoms with Crippen molar-refractivity contribution >= 4 is 17.6 Å². The highest BCUT2D eigenvalue weighted by atomic mass is 31.1. The molecule has 0 saturated heterocycles. The maximum Gasteiger partial charge on any atom is 0.249 e.